The van der Waals surface area contributed by atoms with Gasteiger partial charge in [-0.3, -0.25) is 9.91 Å². The van der Waals surface area contributed by atoms with Crippen molar-refractivity contribution in [2.45, 2.75) is 63.6 Å². The Bertz CT molecular complexity index is 1740. The summed E-state index contributed by atoms with van der Waals surface area (Å²) in [7, 11) is 0. The third-order valence-electron chi connectivity index (χ3n) is 9.50. The second kappa shape index (κ2) is 11.3. The number of hydrazine groups is 1. The summed E-state index contributed by atoms with van der Waals surface area (Å²) < 4.78 is 68.5. The molecular formula is C33H36F4N6O. The van der Waals surface area contributed by atoms with Gasteiger partial charge in [0.15, 0.2) is 11.6 Å². The van der Waals surface area contributed by atoms with Crippen LogP contribution in [0.5, 0.6) is 6.01 Å². The number of benzene rings is 3. The van der Waals surface area contributed by atoms with Crippen molar-refractivity contribution in [2.24, 2.45) is 0 Å². The molecule has 44 heavy (non-hydrogen) atoms. The molecule has 232 valence electrons. The molecule has 0 radical (unpaired) electrons. The first-order valence-electron chi connectivity index (χ1n) is 15.5. The smallest absolute Gasteiger partial charge is 0.319 e. The first-order chi connectivity index (χ1) is 21.3. The molecule has 0 unspecified atom stereocenters. The van der Waals surface area contributed by atoms with Crippen LogP contribution in [0.15, 0.2) is 30.3 Å². The first kappa shape index (κ1) is 29.0. The number of alkyl halides is 1. The van der Waals surface area contributed by atoms with Gasteiger partial charge in [0.1, 0.15) is 29.9 Å². The van der Waals surface area contributed by atoms with Crippen LogP contribution in [0.2, 0.25) is 0 Å². The lowest BCUT2D eigenvalue weighted by Crippen LogP contribution is -2.43. The molecule has 4 aromatic rings. The number of aromatic nitrogens is 2. The minimum Gasteiger partial charge on any atom is -0.461 e. The van der Waals surface area contributed by atoms with Gasteiger partial charge in [-0.05, 0) is 84.8 Å². The largest absolute Gasteiger partial charge is 0.461 e. The van der Waals surface area contributed by atoms with E-state index < -0.39 is 29.2 Å². The number of nitrogens with one attached hydrogen (secondary N) is 1. The Balaban J connectivity index is 1.40. The van der Waals surface area contributed by atoms with Crippen LogP contribution in [-0.4, -0.2) is 59.4 Å². The highest BCUT2D eigenvalue weighted by Gasteiger charge is 2.49. The van der Waals surface area contributed by atoms with Crippen molar-refractivity contribution in [3.63, 3.8) is 0 Å². The zero-order valence-electron chi connectivity index (χ0n) is 24.7. The third kappa shape index (κ3) is 4.90. The molecule has 3 aromatic carbocycles. The second-order valence-corrected chi connectivity index (χ2v) is 12.3. The van der Waals surface area contributed by atoms with Gasteiger partial charge in [-0.1, -0.05) is 19.4 Å². The lowest BCUT2D eigenvalue weighted by molar-refractivity contribution is 0.107. The Morgan fingerprint density at radius 3 is 2.75 bits per heavy atom. The van der Waals surface area contributed by atoms with E-state index in [4.69, 9.17) is 10.5 Å². The number of nitrogens with two attached hydrogens (primary N) is 1. The fourth-order valence-electron chi connectivity index (χ4n) is 7.45. The van der Waals surface area contributed by atoms with Crippen LogP contribution >= 0.6 is 0 Å². The Morgan fingerprint density at radius 2 is 1.91 bits per heavy atom. The SMILES string of the molecule is CCc1c(F)ccc2cc(N)cc(-c3c(F)cc4c(N5CCCCCN5)nc(OC[C@@]56CCCN5C[C@H](F)C6)nc4c3F)c12. The number of nitrogen functional groups attached to an aromatic ring is 1. The summed E-state index contributed by atoms with van der Waals surface area (Å²) in [4.78, 5) is 11.3. The monoisotopic (exact) mass is 608 g/mol. The maximum Gasteiger partial charge on any atom is 0.319 e. The van der Waals surface area contributed by atoms with Crippen LogP contribution in [0, 0.1) is 17.5 Å². The number of halogens is 4. The van der Waals surface area contributed by atoms with Crippen LogP contribution in [0.25, 0.3) is 32.8 Å². The number of hydrogen-bond donors (Lipinski definition) is 2. The average Bonchev–Trinajstić information content (AvgIpc) is 3.38. The number of ether oxygens (including phenoxy) is 1. The maximum atomic E-state index is 16.8. The van der Waals surface area contributed by atoms with Crippen molar-refractivity contribution in [1.29, 1.82) is 0 Å². The summed E-state index contributed by atoms with van der Waals surface area (Å²) in [5, 5.41) is 2.98. The van der Waals surface area contributed by atoms with E-state index in [-0.39, 0.29) is 34.6 Å². The Kier molecular flexibility index (Phi) is 7.48. The van der Waals surface area contributed by atoms with Crippen molar-refractivity contribution in [1.82, 2.24) is 20.3 Å². The Labute approximate surface area is 253 Å². The van der Waals surface area contributed by atoms with Gasteiger partial charge in [0.25, 0.3) is 0 Å². The zero-order chi connectivity index (χ0) is 30.6. The van der Waals surface area contributed by atoms with Crippen LogP contribution in [0.4, 0.5) is 29.1 Å². The minimum atomic E-state index is -0.928. The number of hydrogen-bond acceptors (Lipinski definition) is 7. The van der Waals surface area contributed by atoms with Gasteiger partial charge in [0.05, 0.1) is 16.5 Å². The van der Waals surface area contributed by atoms with Crippen molar-refractivity contribution in [2.75, 3.05) is 43.5 Å². The van der Waals surface area contributed by atoms with Gasteiger partial charge in [0, 0.05) is 31.7 Å². The topological polar surface area (TPSA) is 79.5 Å². The fourth-order valence-corrected chi connectivity index (χ4v) is 7.45. The summed E-state index contributed by atoms with van der Waals surface area (Å²) in [5.41, 5.74) is 9.40. The van der Waals surface area contributed by atoms with Crippen molar-refractivity contribution in [3.05, 3.63) is 53.3 Å². The van der Waals surface area contributed by atoms with Crippen LogP contribution in [0.3, 0.4) is 0 Å². The van der Waals surface area contributed by atoms with Crippen molar-refractivity contribution in [3.8, 4) is 17.1 Å². The fraction of sp³-hybridized carbons (Fsp3) is 0.455. The molecule has 0 amide bonds. The lowest BCUT2D eigenvalue weighted by Gasteiger charge is -2.31. The summed E-state index contributed by atoms with van der Waals surface area (Å²) in [6.45, 7) is 4.40. The van der Waals surface area contributed by atoms with E-state index in [1.165, 1.54) is 18.2 Å². The van der Waals surface area contributed by atoms with Gasteiger partial charge in [-0.15, -0.1) is 0 Å². The van der Waals surface area contributed by atoms with Gasteiger partial charge < -0.3 is 10.5 Å². The molecule has 1 aromatic heterocycles. The Morgan fingerprint density at radius 1 is 1.05 bits per heavy atom. The van der Waals surface area contributed by atoms with E-state index in [2.05, 4.69) is 20.3 Å². The van der Waals surface area contributed by atoms with E-state index in [0.717, 1.165) is 38.6 Å². The van der Waals surface area contributed by atoms with Gasteiger partial charge >= 0.3 is 6.01 Å². The predicted molar refractivity (Wildman–Crippen MR) is 164 cm³/mol. The molecule has 3 aliphatic rings. The molecule has 3 aliphatic heterocycles. The van der Waals surface area contributed by atoms with E-state index in [0.29, 0.717) is 60.3 Å². The molecule has 0 saturated carbocycles. The predicted octanol–water partition coefficient (Wildman–Crippen LogP) is 6.46. The molecule has 0 spiro atoms. The van der Waals surface area contributed by atoms with Gasteiger partial charge in [-0.25, -0.2) is 23.0 Å². The van der Waals surface area contributed by atoms with E-state index in [1.807, 2.05) is 0 Å². The third-order valence-corrected chi connectivity index (χ3v) is 9.50. The van der Waals surface area contributed by atoms with Crippen molar-refractivity contribution >= 4 is 33.2 Å². The molecule has 4 heterocycles. The quantitative estimate of drug-likeness (QED) is 0.192. The van der Waals surface area contributed by atoms with E-state index in [9.17, 15) is 8.78 Å². The van der Waals surface area contributed by atoms with Crippen molar-refractivity contribution < 1.29 is 22.3 Å². The molecule has 0 aliphatic carbocycles. The molecule has 3 fully saturated rings. The standard InChI is InChI=1S/C33H36F4N6O/c1-2-22-25(35)8-7-19-13-21(38)14-23(27(19)22)28-26(36)15-24-30(29(28)37)40-32(41-31(24)43-12-5-3-4-10-39-43)44-18-33-9-6-11-42(33)17-20(34)16-33/h7-8,13-15,20,39H,2-6,9-12,16-18,38H2,1H3/t20-,33+/m1/s1. The molecule has 3 N–H and O–H groups in total. The zero-order valence-corrected chi connectivity index (χ0v) is 24.7. The molecule has 7 rings (SSSR count). The average molecular weight is 609 g/mol. The molecule has 11 heteroatoms. The van der Waals surface area contributed by atoms with Crippen LogP contribution < -0.4 is 20.9 Å². The number of fused-ring (bicyclic) bond motifs is 3. The van der Waals surface area contributed by atoms with Crippen LogP contribution in [-0.2, 0) is 6.42 Å². The summed E-state index contributed by atoms with van der Waals surface area (Å²) in [6.07, 6.45) is 4.33. The van der Waals surface area contributed by atoms with Gasteiger partial charge in [0.2, 0.25) is 0 Å². The summed E-state index contributed by atoms with van der Waals surface area (Å²) in [6, 6.07) is 7.23. The second-order valence-electron chi connectivity index (χ2n) is 12.3. The molecule has 7 nitrogen and oxygen atoms in total. The number of anilines is 2. The van der Waals surface area contributed by atoms with Gasteiger partial charge in [-0.2, -0.15) is 9.97 Å². The number of aryl methyl sites for hydroxylation is 1. The molecule has 2 atom stereocenters. The lowest BCUT2D eigenvalue weighted by atomic mass is 9.91. The summed E-state index contributed by atoms with van der Waals surface area (Å²) in [5.74, 6) is -1.89. The maximum absolute atomic E-state index is 16.8. The summed E-state index contributed by atoms with van der Waals surface area (Å²) >= 11 is 0. The molecular weight excluding hydrogens is 572 g/mol. The normalized spacial score (nSPS) is 22.6. The highest BCUT2D eigenvalue weighted by atomic mass is 19.1. The van der Waals surface area contributed by atoms with Crippen LogP contribution in [0.1, 0.15) is 51.0 Å². The van der Waals surface area contributed by atoms with E-state index >= 15 is 8.78 Å². The minimum absolute atomic E-state index is 0.0590. The molecule has 3 saturated heterocycles. The Hall–Kier alpha value is -3.70. The number of rotatable bonds is 6. The number of nitrogens with zero attached hydrogens (tertiary/aromatic N) is 4. The van der Waals surface area contributed by atoms with E-state index in [1.54, 1.807) is 24.1 Å². The molecule has 0 bridgehead atoms. The highest BCUT2D eigenvalue weighted by molar-refractivity contribution is 6.04. The highest BCUT2D eigenvalue weighted by Crippen LogP contribution is 2.43. The first-order valence-corrected chi connectivity index (χ1v) is 15.5.